The molecule has 0 N–H and O–H groups in total. The zero-order valence-corrected chi connectivity index (χ0v) is 16.0. The number of aryl methyl sites for hydroxylation is 2. The van der Waals surface area contributed by atoms with E-state index in [9.17, 15) is 14.4 Å². The fourth-order valence-electron chi connectivity index (χ4n) is 2.61. The van der Waals surface area contributed by atoms with Crippen molar-refractivity contribution in [3.8, 4) is 0 Å². The third-order valence-corrected chi connectivity index (χ3v) is 5.18. The number of ether oxygens (including phenoxy) is 1. The van der Waals surface area contributed by atoms with Gasteiger partial charge in [0, 0.05) is 25.2 Å². The molecule has 2 aromatic heterocycles. The Hall–Kier alpha value is -2.09. The Labute approximate surface area is 150 Å². The fraction of sp³-hybridized carbons (Fsp3) is 0.529. The van der Waals surface area contributed by atoms with Gasteiger partial charge in [0.2, 0.25) is 0 Å². The van der Waals surface area contributed by atoms with E-state index in [1.165, 1.54) is 23.4 Å². The third kappa shape index (κ3) is 3.63. The van der Waals surface area contributed by atoms with Crippen LogP contribution in [0.25, 0.3) is 11.0 Å². The molecule has 0 saturated carbocycles. The Morgan fingerprint density at radius 2 is 1.96 bits per heavy atom. The summed E-state index contributed by atoms with van der Waals surface area (Å²) >= 11 is 1.28. The molecular weight excluding hydrogens is 342 g/mol. The van der Waals surface area contributed by atoms with E-state index in [4.69, 9.17) is 4.74 Å². The van der Waals surface area contributed by atoms with Gasteiger partial charge in [0.05, 0.1) is 12.0 Å². The Morgan fingerprint density at radius 3 is 2.56 bits per heavy atom. The molecule has 8 heteroatoms. The van der Waals surface area contributed by atoms with E-state index in [-0.39, 0.29) is 5.97 Å². The molecule has 0 aliphatic rings. The Kier molecular flexibility index (Phi) is 6.05. The molecule has 0 fully saturated rings. The van der Waals surface area contributed by atoms with Crippen LogP contribution in [0.3, 0.4) is 0 Å². The number of carbonyl (C=O) groups excluding carboxylic acids is 1. The predicted octanol–water partition coefficient (Wildman–Crippen LogP) is 1.63. The van der Waals surface area contributed by atoms with Crippen LogP contribution in [0.5, 0.6) is 0 Å². The maximum absolute atomic E-state index is 12.7. The Balaban J connectivity index is 2.74. The molecule has 25 heavy (non-hydrogen) atoms. The number of rotatable bonds is 6. The van der Waals surface area contributed by atoms with Gasteiger partial charge in [-0.3, -0.25) is 18.7 Å². The van der Waals surface area contributed by atoms with Gasteiger partial charge in [-0.25, -0.2) is 9.78 Å². The topological polar surface area (TPSA) is 83.2 Å². The first kappa shape index (κ1) is 19.2. The van der Waals surface area contributed by atoms with Crippen LogP contribution in [-0.2, 0) is 30.0 Å². The molecule has 2 heterocycles. The molecule has 0 unspecified atom stereocenters. The number of thioether (sulfide) groups is 1. The van der Waals surface area contributed by atoms with Crippen molar-refractivity contribution in [3.05, 3.63) is 32.6 Å². The van der Waals surface area contributed by atoms with Gasteiger partial charge in [-0.1, -0.05) is 13.3 Å². The lowest BCUT2D eigenvalue weighted by Crippen LogP contribution is -2.37. The minimum absolute atomic E-state index is 0.304. The van der Waals surface area contributed by atoms with Crippen molar-refractivity contribution in [3.63, 3.8) is 0 Å². The number of hydrogen-bond donors (Lipinski definition) is 0. The molecule has 0 aliphatic carbocycles. The van der Waals surface area contributed by atoms with Crippen LogP contribution in [0.2, 0.25) is 0 Å². The number of nitrogens with zero attached hydrogens (tertiary/aromatic N) is 3. The number of fused-ring (bicyclic) bond motifs is 1. The normalized spacial score (nSPS) is 12.4. The molecule has 7 nitrogen and oxygen atoms in total. The smallest absolute Gasteiger partial charge is 0.332 e. The van der Waals surface area contributed by atoms with Crippen molar-refractivity contribution in [2.75, 3.05) is 6.61 Å². The summed E-state index contributed by atoms with van der Waals surface area (Å²) in [6.07, 6.45) is 3.29. The molecule has 0 radical (unpaired) electrons. The molecule has 0 bridgehead atoms. The van der Waals surface area contributed by atoms with Crippen molar-refractivity contribution >= 4 is 28.8 Å². The molecular formula is C17H23N3O4S. The van der Waals surface area contributed by atoms with E-state index < -0.39 is 16.5 Å². The predicted molar refractivity (Wildman–Crippen MR) is 98.2 cm³/mol. The average molecular weight is 365 g/mol. The lowest BCUT2D eigenvalue weighted by atomic mass is 10.1. The summed E-state index contributed by atoms with van der Waals surface area (Å²) in [5, 5.41) is -0.0974. The maximum Gasteiger partial charge on any atom is 0.332 e. The van der Waals surface area contributed by atoms with Crippen LogP contribution in [0.1, 0.15) is 32.8 Å². The lowest BCUT2D eigenvalue weighted by Gasteiger charge is -2.16. The standard InChI is InChI=1S/C17H23N3O4S/c1-6-8-11-9-18-14-12(15(21)20(5)17(23)19(14)4)13(11)25-10(3)16(22)24-7-2/h9-10H,6-8H2,1-5H3/t10-/m0/s1. The van der Waals surface area contributed by atoms with Gasteiger partial charge in [-0.05, 0) is 25.8 Å². The van der Waals surface area contributed by atoms with Crippen LogP contribution in [-0.4, -0.2) is 31.9 Å². The molecule has 0 aromatic carbocycles. The van der Waals surface area contributed by atoms with Gasteiger partial charge < -0.3 is 4.74 Å². The summed E-state index contributed by atoms with van der Waals surface area (Å²) < 4.78 is 7.49. The fourth-order valence-corrected chi connectivity index (χ4v) is 3.73. The molecule has 2 aromatic rings. The zero-order valence-electron chi connectivity index (χ0n) is 15.2. The van der Waals surface area contributed by atoms with Gasteiger partial charge in [0.25, 0.3) is 5.56 Å². The highest BCUT2D eigenvalue weighted by atomic mass is 32.2. The number of esters is 1. The highest BCUT2D eigenvalue weighted by molar-refractivity contribution is 8.00. The van der Waals surface area contributed by atoms with Gasteiger partial charge in [-0.15, -0.1) is 11.8 Å². The quantitative estimate of drug-likeness (QED) is 0.571. The first-order chi connectivity index (χ1) is 11.8. The number of aromatic nitrogens is 3. The number of hydrogen-bond acceptors (Lipinski definition) is 6. The SMILES string of the molecule is CCCc1cnc2c(c1S[C@@H](C)C(=O)OCC)c(=O)n(C)c(=O)n2C. The van der Waals surface area contributed by atoms with Gasteiger partial charge in [0.1, 0.15) is 10.9 Å². The summed E-state index contributed by atoms with van der Waals surface area (Å²) in [4.78, 5) is 41.9. The lowest BCUT2D eigenvalue weighted by molar-refractivity contribution is -0.142. The number of pyridine rings is 1. The van der Waals surface area contributed by atoms with E-state index >= 15 is 0 Å². The highest BCUT2D eigenvalue weighted by Crippen LogP contribution is 2.32. The molecule has 0 saturated heterocycles. The molecule has 1 atom stereocenters. The van der Waals surface area contributed by atoms with Crippen molar-refractivity contribution in [1.82, 2.24) is 14.1 Å². The molecule has 136 valence electrons. The summed E-state index contributed by atoms with van der Waals surface area (Å²) in [6.45, 7) is 5.84. The second kappa shape index (κ2) is 7.86. The second-order valence-corrected chi connectivity index (χ2v) is 7.13. The monoisotopic (exact) mass is 365 g/mol. The summed E-state index contributed by atoms with van der Waals surface area (Å²) in [5.74, 6) is -0.332. The summed E-state index contributed by atoms with van der Waals surface area (Å²) in [7, 11) is 3.03. The minimum atomic E-state index is -0.469. The van der Waals surface area contributed by atoms with Gasteiger partial charge in [-0.2, -0.15) is 0 Å². The average Bonchev–Trinajstić information content (AvgIpc) is 2.59. The van der Waals surface area contributed by atoms with Crippen LogP contribution in [0.4, 0.5) is 0 Å². The summed E-state index contributed by atoms with van der Waals surface area (Å²) in [6, 6.07) is 0. The Bertz CT molecular complexity index is 917. The van der Waals surface area contributed by atoms with E-state index in [0.29, 0.717) is 22.5 Å². The maximum atomic E-state index is 12.7. The highest BCUT2D eigenvalue weighted by Gasteiger charge is 2.22. The van der Waals surface area contributed by atoms with Crippen molar-refractivity contribution in [2.45, 2.75) is 43.8 Å². The van der Waals surface area contributed by atoms with Crippen LogP contribution < -0.4 is 11.2 Å². The molecule has 0 aliphatic heterocycles. The van der Waals surface area contributed by atoms with E-state index in [1.807, 2.05) is 6.92 Å². The zero-order chi connectivity index (χ0) is 18.7. The van der Waals surface area contributed by atoms with Crippen LogP contribution in [0.15, 0.2) is 20.7 Å². The third-order valence-electron chi connectivity index (χ3n) is 3.93. The van der Waals surface area contributed by atoms with Gasteiger partial charge >= 0.3 is 11.7 Å². The first-order valence-corrected chi connectivity index (χ1v) is 9.12. The summed E-state index contributed by atoms with van der Waals surface area (Å²) in [5.41, 5.74) is 0.392. The molecule has 0 spiro atoms. The van der Waals surface area contributed by atoms with Crippen molar-refractivity contribution < 1.29 is 9.53 Å². The van der Waals surface area contributed by atoms with Crippen molar-refractivity contribution in [2.24, 2.45) is 14.1 Å². The molecule has 2 rings (SSSR count). The Morgan fingerprint density at radius 1 is 1.28 bits per heavy atom. The van der Waals surface area contributed by atoms with Gasteiger partial charge in [0.15, 0.2) is 0 Å². The number of carbonyl (C=O) groups is 1. The van der Waals surface area contributed by atoms with E-state index in [0.717, 1.165) is 23.0 Å². The van der Waals surface area contributed by atoms with Crippen LogP contribution in [0, 0.1) is 0 Å². The van der Waals surface area contributed by atoms with Crippen molar-refractivity contribution in [1.29, 1.82) is 0 Å². The molecule has 0 amide bonds. The first-order valence-electron chi connectivity index (χ1n) is 8.24. The largest absolute Gasteiger partial charge is 0.465 e. The van der Waals surface area contributed by atoms with E-state index in [2.05, 4.69) is 4.98 Å². The minimum Gasteiger partial charge on any atom is -0.465 e. The van der Waals surface area contributed by atoms with E-state index in [1.54, 1.807) is 27.1 Å². The van der Waals surface area contributed by atoms with Crippen LogP contribution >= 0.6 is 11.8 Å². The second-order valence-electron chi connectivity index (χ2n) is 5.78.